The van der Waals surface area contributed by atoms with E-state index in [1.54, 1.807) is 32.9 Å². The van der Waals surface area contributed by atoms with Gasteiger partial charge in [0.15, 0.2) is 5.82 Å². The van der Waals surface area contributed by atoms with Crippen molar-refractivity contribution in [2.24, 2.45) is 0 Å². The molecule has 0 radical (unpaired) electrons. The molecule has 23 heavy (non-hydrogen) atoms. The Bertz CT molecular complexity index is 766. The van der Waals surface area contributed by atoms with Gasteiger partial charge in [-0.25, -0.2) is 9.97 Å². The standard InChI is InChI=1S/C17H20N4O2/c1-12(23-4)5-6-13(7-10-22-3)14-11-15-16(17(18-2)21-14)20-9-8-19-15/h5-11H,1-4H3,(H,18,21)/b10-7+,12-5+,13-6+. The molecule has 0 unspecified atom stereocenters. The first-order valence-corrected chi connectivity index (χ1v) is 7.11. The summed E-state index contributed by atoms with van der Waals surface area (Å²) in [7, 11) is 5.04. The van der Waals surface area contributed by atoms with Crippen molar-refractivity contribution in [2.75, 3.05) is 26.6 Å². The van der Waals surface area contributed by atoms with Crippen LogP contribution in [0.25, 0.3) is 16.6 Å². The molecular formula is C17H20N4O2. The minimum absolute atomic E-state index is 0.676. The van der Waals surface area contributed by atoms with Crippen molar-refractivity contribution in [1.82, 2.24) is 15.0 Å². The van der Waals surface area contributed by atoms with E-state index in [0.717, 1.165) is 28.1 Å². The van der Waals surface area contributed by atoms with Gasteiger partial charge in [-0.3, -0.25) is 4.98 Å². The molecule has 0 fully saturated rings. The summed E-state index contributed by atoms with van der Waals surface area (Å²) in [5, 5.41) is 3.06. The van der Waals surface area contributed by atoms with Crippen molar-refractivity contribution in [3.05, 3.63) is 54.4 Å². The third-order valence-corrected chi connectivity index (χ3v) is 3.19. The summed E-state index contributed by atoms with van der Waals surface area (Å²) in [6.07, 6.45) is 10.5. The van der Waals surface area contributed by atoms with Gasteiger partial charge < -0.3 is 14.8 Å². The molecule has 0 bridgehead atoms. The number of hydrogen-bond acceptors (Lipinski definition) is 6. The highest BCUT2D eigenvalue weighted by atomic mass is 16.5. The molecular weight excluding hydrogens is 292 g/mol. The second-order valence-corrected chi connectivity index (χ2v) is 4.67. The van der Waals surface area contributed by atoms with Gasteiger partial charge in [-0.15, -0.1) is 0 Å². The zero-order valence-corrected chi connectivity index (χ0v) is 13.7. The maximum absolute atomic E-state index is 5.16. The zero-order chi connectivity index (χ0) is 16.7. The topological polar surface area (TPSA) is 69.2 Å². The Morgan fingerprint density at radius 3 is 2.65 bits per heavy atom. The second kappa shape index (κ2) is 7.93. The van der Waals surface area contributed by atoms with E-state index in [1.807, 2.05) is 38.3 Å². The number of pyridine rings is 1. The first-order chi connectivity index (χ1) is 11.2. The first kappa shape index (κ1) is 16.5. The number of rotatable bonds is 6. The maximum Gasteiger partial charge on any atom is 0.154 e. The number of hydrogen-bond donors (Lipinski definition) is 1. The van der Waals surface area contributed by atoms with Crippen LogP contribution in [0, 0.1) is 0 Å². The lowest BCUT2D eigenvalue weighted by Gasteiger charge is -2.08. The molecule has 0 aliphatic carbocycles. The van der Waals surface area contributed by atoms with Crippen molar-refractivity contribution in [3.63, 3.8) is 0 Å². The Kier molecular flexibility index (Phi) is 5.68. The van der Waals surface area contributed by atoms with Gasteiger partial charge in [-0.1, -0.05) is 0 Å². The number of nitrogens with zero attached hydrogens (tertiary/aromatic N) is 3. The van der Waals surface area contributed by atoms with Crippen molar-refractivity contribution >= 4 is 22.4 Å². The van der Waals surface area contributed by atoms with Crippen molar-refractivity contribution < 1.29 is 9.47 Å². The molecule has 6 nitrogen and oxygen atoms in total. The van der Waals surface area contributed by atoms with E-state index in [2.05, 4.69) is 20.3 Å². The van der Waals surface area contributed by atoms with Gasteiger partial charge in [0.25, 0.3) is 0 Å². The number of anilines is 1. The maximum atomic E-state index is 5.16. The van der Waals surface area contributed by atoms with Gasteiger partial charge in [0.1, 0.15) is 5.52 Å². The van der Waals surface area contributed by atoms with E-state index < -0.39 is 0 Å². The first-order valence-electron chi connectivity index (χ1n) is 7.11. The summed E-state index contributed by atoms with van der Waals surface area (Å²) in [4.78, 5) is 13.3. The molecule has 2 rings (SSSR count). The van der Waals surface area contributed by atoms with Crippen molar-refractivity contribution in [3.8, 4) is 0 Å². The van der Waals surface area contributed by atoms with E-state index >= 15 is 0 Å². The van der Waals surface area contributed by atoms with Crippen molar-refractivity contribution in [1.29, 1.82) is 0 Å². The predicted octanol–water partition coefficient (Wildman–Crippen LogP) is 3.16. The van der Waals surface area contributed by atoms with Crippen LogP contribution in [0.5, 0.6) is 0 Å². The van der Waals surface area contributed by atoms with Crippen LogP contribution in [-0.4, -0.2) is 36.2 Å². The van der Waals surface area contributed by atoms with Crippen LogP contribution in [0.15, 0.2) is 48.7 Å². The van der Waals surface area contributed by atoms with Crippen LogP contribution in [-0.2, 0) is 9.47 Å². The molecule has 0 amide bonds. The van der Waals surface area contributed by atoms with E-state index in [0.29, 0.717) is 5.82 Å². The molecule has 0 saturated carbocycles. The fourth-order valence-corrected chi connectivity index (χ4v) is 1.94. The van der Waals surface area contributed by atoms with Gasteiger partial charge in [0.2, 0.25) is 0 Å². The van der Waals surface area contributed by atoms with E-state index in [1.165, 1.54) is 0 Å². The average molecular weight is 312 g/mol. The van der Waals surface area contributed by atoms with Gasteiger partial charge >= 0.3 is 0 Å². The molecule has 6 heteroatoms. The molecule has 0 aliphatic heterocycles. The van der Waals surface area contributed by atoms with Crippen LogP contribution < -0.4 is 5.32 Å². The predicted molar refractivity (Wildman–Crippen MR) is 91.8 cm³/mol. The Balaban J connectivity index is 2.58. The second-order valence-electron chi connectivity index (χ2n) is 4.67. The van der Waals surface area contributed by atoms with Crippen LogP contribution in [0.4, 0.5) is 5.82 Å². The summed E-state index contributed by atoms with van der Waals surface area (Å²) in [5.41, 5.74) is 3.13. The lowest BCUT2D eigenvalue weighted by molar-refractivity contribution is 0.294. The number of allylic oxidation sites excluding steroid dienone is 5. The molecule has 120 valence electrons. The Hall–Kier alpha value is -2.89. The van der Waals surface area contributed by atoms with Crippen LogP contribution in [0.2, 0.25) is 0 Å². The number of nitrogens with one attached hydrogen (secondary N) is 1. The molecule has 2 heterocycles. The molecule has 2 aromatic rings. The summed E-state index contributed by atoms with van der Waals surface area (Å²) in [6, 6.07) is 1.89. The lowest BCUT2D eigenvalue weighted by Crippen LogP contribution is -1.99. The molecule has 2 aromatic heterocycles. The highest BCUT2D eigenvalue weighted by Crippen LogP contribution is 2.23. The minimum Gasteiger partial charge on any atom is -0.504 e. The molecule has 0 atom stereocenters. The Morgan fingerprint density at radius 1 is 1.17 bits per heavy atom. The largest absolute Gasteiger partial charge is 0.504 e. The van der Waals surface area contributed by atoms with E-state index in [4.69, 9.17) is 9.47 Å². The molecule has 0 saturated heterocycles. The van der Waals surface area contributed by atoms with Crippen molar-refractivity contribution in [2.45, 2.75) is 6.92 Å². The number of aromatic nitrogens is 3. The van der Waals surface area contributed by atoms with Crippen LogP contribution in [0.3, 0.4) is 0 Å². The van der Waals surface area contributed by atoms with E-state index in [-0.39, 0.29) is 0 Å². The quantitative estimate of drug-likeness (QED) is 0.652. The van der Waals surface area contributed by atoms with Crippen LogP contribution >= 0.6 is 0 Å². The molecule has 0 aromatic carbocycles. The Morgan fingerprint density at radius 2 is 1.96 bits per heavy atom. The SMILES string of the molecule is CNc1nc(C(/C=C/OC)=C/C=C(\C)OC)cc2nccnc12. The van der Waals surface area contributed by atoms with Crippen LogP contribution in [0.1, 0.15) is 12.6 Å². The van der Waals surface area contributed by atoms with Gasteiger partial charge in [-0.2, -0.15) is 0 Å². The van der Waals surface area contributed by atoms with Gasteiger partial charge in [0, 0.05) is 25.0 Å². The molecule has 1 N–H and O–H groups in total. The number of ether oxygens (including phenoxy) is 2. The fourth-order valence-electron chi connectivity index (χ4n) is 1.94. The third-order valence-electron chi connectivity index (χ3n) is 3.19. The minimum atomic E-state index is 0.676. The normalized spacial score (nSPS) is 12.7. The Labute approximate surface area is 135 Å². The average Bonchev–Trinajstić information content (AvgIpc) is 2.60. The smallest absolute Gasteiger partial charge is 0.154 e. The summed E-state index contributed by atoms with van der Waals surface area (Å²) >= 11 is 0. The van der Waals surface area contributed by atoms with Gasteiger partial charge in [-0.05, 0) is 31.2 Å². The summed E-state index contributed by atoms with van der Waals surface area (Å²) in [6.45, 7) is 1.88. The molecule has 0 aliphatic rings. The molecule has 0 spiro atoms. The summed E-state index contributed by atoms with van der Waals surface area (Å²) in [5.74, 6) is 1.47. The van der Waals surface area contributed by atoms with E-state index in [9.17, 15) is 0 Å². The highest BCUT2D eigenvalue weighted by molar-refractivity contribution is 5.88. The fraction of sp³-hybridized carbons (Fsp3) is 0.235. The summed E-state index contributed by atoms with van der Waals surface area (Å²) < 4.78 is 10.2. The lowest BCUT2D eigenvalue weighted by atomic mass is 10.1. The zero-order valence-electron chi connectivity index (χ0n) is 13.7. The monoisotopic (exact) mass is 312 g/mol. The number of methoxy groups -OCH3 is 2. The number of fused-ring (bicyclic) bond motifs is 1. The highest BCUT2D eigenvalue weighted by Gasteiger charge is 2.09. The van der Waals surface area contributed by atoms with Gasteiger partial charge in [0.05, 0.1) is 37.5 Å². The third kappa shape index (κ3) is 4.06.